The topological polar surface area (TPSA) is 47.7 Å². The summed E-state index contributed by atoms with van der Waals surface area (Å²) < 4.78 is 10.6. The van der Waals surface area contributed by atoms with Gasteiger partial charge in [0.2, 0.25) is 0 Å². The number of rotatable bonds is 8. The van der Waals surface area contributed by atoms with Gasteiger partial charge in [-0.2, -0.15) is 0 Å². The van der Waals surface area contributed by atoms with Crippen LogP contribution in [-0.2, 0) is 0 Å². The van der Waals surface area contributed by atoms with E-state index in [1.807, 2.05) is 12.1 Å². The van der Waals surface area contributed by atoms with E-state index in [4.69, 9.17) is 15.2 Å². The predicted octanol–water partition coefficient (Wildman–Crippen LogP) is 2.44. The van der Waals surface area contributed by atoms with Crippen molar-refractivity contribution in [2.45, 2.75) is 25.8 Å². The normalized spacial score (nSPS) is 12.5. The van der Waals surface area contributed by atoms with Gasteiger partial charge >= 0.3 is 0 Å². The van der Waals surface area contributed by atoms with E-state index >= 15 is 0 Å². The molecule has 0 aromatic heterocycles. The molecule has 0 heterocycles. The Labute approximate surface area is 116 Å². The van der Waals surface area contributed by atoms with Crippen LogP contribution < -0.4 is 15.2 Å². The third-order valence-corrected chi connectivity index (χ3v) is 3.41. The first-order valence-electron chi connectivity index (χ1n) is 6.80. The zero-order chi connectivity index (χ0) is 14.3. The van der Waals surface area contributed by atoms with Crippen molar-refractivity contribution in [3.63, 3.8) is 0 Å². The SMILES string of the molecule is CCCCN(C)C(CN)c1ccc(OC)c(OC)c1. The number of benzene rings is 1. The standard InChI is InChI=1S/C15H26N2O2/c1-5-6-9-17(2)13(11-16)12-7-8-14(18-3)15(10-12)19-4/h7-8,10,13H,5-6,9,11,16H2,1-4H3. The minimum Gasteiger partial charge on any atom is -0.493 e. The van der Waals surface area contributed by atoms with E-state index in [1.165, 1.54) is 18.4 Å². The largest absolute Gasteiger partial charge is 0.493 e. The van der Waals surface area contributed by atoms with Gasteiger partial charge in [-0.25, -0.2) is 0 Å². The molecule has 0 aliphatic rings. The number of ether oxygens (including phenoxy) is 2. The molecular weight excluding hydrogens is 240 g/mol. The predicted molar refractivity (Wildman–Crippen MR) is 78.9 cm³/mol. The van der Waals surface area contributed by atoms with Gasteiger partial charge in [0, 0.05) is 12.6 Å². The summed E-state index contributed by atoms with van der Waals surface area (Å²) in [6.07, 6.45) is 2.37. The van der Waals surface area contributed by atoms with Crippen LogP contribution in [0.1, 0.15) is 31.4 Å². The molecule has 0 aliphatic heterocycles. The first-order chi connectivity index (χ1) is 9.17. The molecule has 0 fully saturated rings. The zero-order valence-electron chi connectivity index (χ0n) is 12.5. The average molecular weight is 266 g/mol. The van der Waals surface area contributed by atoms with Crippen molar-refractivity contribution < 1.29 is 9.47 Å². The lowest BCUT2D eigenvalue weighted by Gasteiger charge is -2.27. The second-order valence-corrected chi connectivity index (χ2v) is 4.70. The lowest BCUT2D eigenvalue weighted by molar-refractivity contribution is 0.245. The number of likely N-dealkylation sites (N-methyl/N-ethyl adjacent to an activating group) is 1. The Hall–Kier alpha value is -1.26. The monoisotopic (exact) mass is 266 g/mol. The second kappa shape index (κ2) is 8.02. The molecule has 1 unspecified atom stereocenters. The van der Waals surface area contributed by atoms with Crippen LogP contribution in [0.2, 0.25) is 0 Å². The van der Waals surface area contributed by atoms with Gasteiger partial charge < -0.3 is 15.2 Å². The minimum atomic E-state index is 0.214. The molecule has 0 aliphatic carbocycles. The molecule has 108 valence electrons. The van der Waals surface area contributed by atoms with Crippen molar-refractivity contribution >= 4 is 0 Å². The van der Waals surface area contributed by atoms with Gasteiger partial charge in [-0.15, -0.1) is 0 Å². The number of nitrogens with zero attached hydrogens (tertiary/aromatic N) is 1. The Kier molecular flexibility index (Phi) is 6.67. The molecule has 2 N–H and O–H groups in total. The summed E-state index contributed by atoms with van der Waals surface area (Å²) in [5.41, 5.74) is 7.09. The Bertz CT molecular complexity index is 382. The molecular formula is C15H26N2O2. The van der Waals surface area contributed by atoms with Gasteiger partial charge in [-0.1, -0.05) is 19.4 Å². The van der Waals surface area contributed by atoms with Gasteiger partial charge in [0.15, 0.2) is 11.5 Å². The van der Waals surface area contributed by atoms with Crippen molar-refractivity contribution in [1.82, 2.24) is 4.90 Å². The molecule has 1 aromatic carbocycles. The van der Waals surface area contributed by atoms with Crippen molar-refractivity contribution in [3.8, 4) is 11.5 Å². The molecule has 1 aromatic rings. The lowest BCUT2D eigenvalue weighted by Crippen LogP contribution is -2.31. The van der Waals surface area contributed by atoms with E-state index in [1.54, 1.807) is 14.2 Å². The number of methoxy groups -OCH3 is 2. The van der Waals surface area contributed by atoms with Crippen LogP contribution in [0.25, 0.3) is 0 Å². The summed E-state index contributed by atoms with van der Waals surface area (Å²) >= 11 is 0. The Balaban J connectivity index is 2.91. The van der Waals surface area contributed by atoms with E-state index in [-0.39, 0.29) is 6.04 Å². The average Bonchev–Trinajstić information content (AvgIpc) is 2.45. The summed E-state index contributed by atoms with van der Waals surface area (Å²) in [6.45, 7) is 3.84. The van der Waals surface area contributed by atoms with E-state index in [2.05, 4.69) is 24.9 Å². The fraction of sp³-hybridized carbons (Fsp3) is 0.600. The Morgan fingerprint density at radius 2 is 1.89 bits per heavy atom. The van der Waals surface area contributed by atoms with Crippen molar-refractivity contribution in [3.05, 3.63) is 23.8 Å². The van der Waals surface area contributed by atoms with Crippen LogP contribution in [-0.4, -0.2) is 39.3 Å². The quantitative estimate of drug-likeness (QED) is 0.785. The molecule has 4 nitrogen and oxygen atoms in total. The summed E-state index contributed by atoms with van der Waals surface area (Å²) in [7, 11) is 5.41. The van der Waals surface area contributed by atoms with Crippen molar-refractivity contribution in [1.29, 1.82) is 0 Å². The summed E-state index contributed by atoms with van der Waals surface area (Å²) in [5, 5.41) is 0. The van der Waals surface area contributed by atoms with E-state index in [9.17, 15) is 0 Å². The van der Waals surface area contributed by atoms with E-state index in [0.717, 1.165) is 18.0 Å². The molecule has 4 heteroatoms. The summed E-state index contributed by atoms with van der Waals surface area (Å²) in [6, 6.07) is 6.22. The fourth-order valence-corrected chi connectivity index (χ4v) is 2.19. The third-order valence-electron chi connectivity index (χ3n) is 3.41. The Morgan fingerprint density at radius 3 is 2.42 bits per heavy atom. The van der Waals surface area contributed by atoms with Crippen LogP contribution in [0.15, 0.2) is 18.2 Å². The highest BCUT2D eigenvalue weighted by molar-refractivity contribution is 5.43. The molecule has 1 atom stereocenters. The zero-order valence-corrected chi connectivity index (χ0v) is 12.5. The Morgan fingerprint density at radius 1 is 1.21 bits per heavy atom. The molecule has 0 radical (unpaired) electrons. The number of unbranched alkanes of at least 4 members (excludes halogenated alkanes) is 1. The van der Waals surface area contributed by atoms with E-state index < -0.39 is 0 Å². The maximum atomic E-state index is 5.93. The molecule has 1 rings (SSSR count). The molecule has 0 saturated heterocycles. The maximum absolute atomic E-state index is 5.93. The van der Waals surface area contributed by atoms with Crippen molar-refractivity contribution in [2.24, 2.45) is 5.73 Å². The van der Waals surface area contributed by atoms with Crippen LogP contribution in [0, 0.1) is 0 Å². The van der Waals surface area contributed by atoms with Crippen LogP contribution in [0.5, 0.6) is 11.5 Å². The van der Waals surface area contributed by atoms with Gasteiger partial charge in [0.1, 0.15) is 0 Å². The number of nitrogens with two attached hydrogens (primary N) is 1. The smallest absolute Gasteiger partial charge is 0.161 e. The van der Waals surface area contributed by atoms with Crippen molar-refractivity contribution in [2.75, 3.05) is 34.4 Å². The first-order valence-corrected chi connectivity index (χ1v) is 6.80. The van der Waals surface area contributed by atoms with Gasteiger partial charge in [0.05, 0.1) is 14.2 Å². The highest BCUT2D eigenvalue weighted by atomic mass is 16.5. The van der Waals surface area contributed by atoms with Gasteiger partial charge in [-0.05, 0) is 37.7 Å². The van der Waals surface area contributed by atoms with Crippen LogP contribution >= 0.6 is 0 Å². The van der Waals surface area contributed by atoms with Gasteiger partial charge in [-0.3, -0.25) is 4.90 Å². The summed E-state index contributed by atoms with van der Waals surface area (Å²) in [5.74, 6) is 1.50. The third kappa shape index (κ3) is 4.11. The second-order valence-electron chi connectivity index (χ2n) is 4.70. The number of hydrogen-bond donors (Lipinski definition) is 1. The lowest BCUT2D eigenvalue weighted by atomic mass is 10.0. The van der Waals surface area contributed by atoms with E-state index in [0.29, 0.717) is 6.54 Å². The van der Waals surface area contributed by atoms with Crippen LogP contribution in [0.4, 0.5) is 0 Å². The minimum absolute atomic E-state index is 0.214. The highest BCUT2D eigenvalue weighted by Gasteiger charge is 2.17. The molecule has 0 spiro atoms. The molecule has 19 heavy (non-hydrogen) atoms. The van der Waals surface area contributed by atoms with Gasteiger partial charge in [0.25, 0.3) is 0 Å². The fourth-order valence-electron chi connectivity index (χ4n) is 2.19. The highest BCUT2D eigenvalue weighted by Crippen LogP contribution is 2.31. The first kappa shape index (κ1) is 15.8. The number of hydrogen-bond acceptors (Lipinski definition) is 4. The molecule has 0 amide bonds. The van der Waals surface area contributed by atoms with Crippen LogP contribution in [0.3, 0.4) is 0 Å². The maximum Gasteiger partial charge on any atom is 0.161 e. The molecule has 0 bridgehead atoms. The molecule has 0 saturated carbocycles. The summed E-state index contributed by atoms with van der Waals surface area (Å²) in [4.78, 5) is 2.30.